The van der Waals surface area contributed by atoms with Gasteiger partial charge < -0.3 is 11.1 Å². The molecule has 0 aromatic carbocycles. The molecular formula is C13H22N4S. The van der Waals surface area contributed by atoms with Gasteiger partial charge in [-0.15, -0.1) is 0 Å². The summed E-state index contributed by atoms with van der Waals surface area (Å²) < 4.78 is 0. The van der Waals surface area contributed by atoms with E-state index in [9.17, 15) is 0 Å². The number of anilines is 2. The van der Waals surface area contributed by atoms with Gasteiger partial charge in [0.15, 0.2) is 5.16 Å². The highest BCUT2D eigenvalue weighted by atomic mass is 32.2. The van der Waals surface area contributed by atoms with Crippen molar-refractivity contribution in [2.75, 3.05) is 17.3 Å². The molecule has 0 radical (unpaired) electrons. The van der Waals surface area contributed by atoms with Crippen molar-refractivity contribution in [2.24, 2.45) is 5.92 Å². The summed E-state index contributed by atoms with van der Waals surface area (Å²) in [5.41, 5.74) is 5.80. The van der Waals surface area contributed by atoms with E-state index >= 15 is 0 Å². The number of nitrogens with zero attached hydrogens (tertiary/aromatic N) is 2. The van der Waals surface area contributed by atoms with Crippen LogP contribution in [0.4, 0.5) is 11.6 Å². The van der Waals surface area contributed by atoms with Gasteiger partial charge >= 0.3 is 0 Å². The quantitative estimate of drug-likeness (QED) is 0.500. The summed E-state index contributed by atoms with van der Waals surface area (Å²) in [6.45, 7) is 2.32. The smallest absolute Gasteiger partial charge is 0.191 e. The highest BCUT2D eigenvalue weighted by Gasteiger charge is 2.20. The van der Waals surface area contributed by atoms with E-state index in [2.05, 4.69) is 22.2 Å². The summed E-state index contributed by atoms with van der Waals surface area (Å²) >= 11 is 1.52. The molecule has 1 aromatic heterocycles. The van der Waals surface area contributed by atoms with E-state index < -0.39 is 0 Å². The van der Waals surface area contributed by atoms with Crippen LogP contribution in [0.1, 0.15) is 39.0 Å². The number of nitrogens with one attached hydrogen (secondary N) is 1. The molecule has 18 heavy (non-hydrogen) atoms. The Bertz CT molecular complexity index is 397. The van der Waals surface area contributed by atoms with Gasteiger partial charge in [-0.3, -0.25) is 0 Å². The fourth-order valence-corrected chi connectivity index (χ4v) is 2.89. The van der Waals surface area contributed by atoms with Crippen LogP contribution in [0.25, 0.3) is 0 Å². The summed E-state index contributed by atoms with van der Waals surface area (Å²) in [5.74, 6) is 2.10. The van der Waals surface area contributed by atoms with Crippen molar-refractivity contribution in [2.45, 2.75) is 50.2 Å². The topological polar surface area (TPSA) is 63.8 Å². The molecule has 1 heterocycles. The lowest BCUT2D eigenvalue weighted by atomic mass is 9.97. The zero-order chi connectivity index (χ0) is 13.0. The maximum atomic E-state index is 5.80. The van der Waals surface area contributed by atoms with Gasteiger partial charge in [-0.1, -0.05) is 37.9 Å². The third-order valence-corrected chi connectivity index (χ3v) is 4.15. The summed E-state index contributed by atoms with van der Waals surface area (Å²) in [4.78, 5) is 8.64. The molecule has 100 valence electrons. The lowest BCUT2D eigenvalue weighted by molar-refractivity contribution is 0.455. The minimum absolute atomic E-state index is 0.511. The zero-order valence-electron chi connectivity index (χ0n) is 11.1. The van der Waals surface area contributed by atoms with Crippen molar-refractivity contribution in [1.82, 2.24) is 9.97 Å². The van der Waals surface area contributed by atoms with Gasteiger partial charge in [0.2, 0.25) is 0 Å². The van der Waals surface area contributed by atoms with Crippen molar-refractivity contribution in [3.63, 3.8) is 0 Å². The van der Waals surface area contributed by atoms with E-state index in [1.54, 1.807) is 0 Å². The van der Waals surface area contributed by atoms with Gasteiger partial charge in [0.05, 0.1) is 0 Å². The van der Waals surface area contributed by atoms with Gasteiger partial charge in [0.25, 0.3) is 0 Å². The summed E-state index contributed by atoms with van der Waals surface area (Å²) in [6, 6.07) is 2.34. The molecule has 0 aliphatic heterocycles. The number of hydrogen-bond acceptors (Lipinski definition) is 5. The Hall–Kier alpha value is -0.970. The van der Waals surface area contributed by atoms with Crippen molar-refractivity contribution in [3.05, 3.63) is 6.07 Å². The number of nitrogens with two attached hydrogens (primary N) is 1. The number of nitrogen functional groups attached to an aromatic ring is 1. The standard InChI is InChI=1S/C13H22N4S/c1-9-6-4-3-5-7-10(9)15-12-8-11(14)16-13(17-12)18-2/h8-10H,3-7H2,1-2H3,(H3,14,15,16,17). The highest BCUT2D eigenvalue weighted by Crippen LogP contribution is 2.26. The fraction of sp³-hybridized carbons (Fsp3) is 0.692. The Morgan fingerprint density at radius 1 is 1.28 bits per heavy atom. The zero-order valence-corrected chi connectivity index (χ0v) is 12.0. The molecule has 4 nitrogen and oxygen atoms in total. The molecule has 1 aromatic rings. The SMILES string of the molecule is CSc1nc(N)cc(NC2CCCCCC2C)n1. The van der Waals surface area contributed by atoms with E-state index in [4.69, 9.17) is 5.73 Å². The second kappa shape index (κ2) is 6.27. The molecule has 0 bridgehead atoms. The number of hydrogen-bond donors (Lipinski definition) is 2. The second-order valence-electron chi connectivity index (χ2n) is 5.03. The maximum absolute atomic E-state index is 5.80. The Balaban J connectivity index is 2.09. The molecule has 2 rings (SSSR count). The Labute approximate surface area is 113 Å². The van der Waals surface area contributed by atoms with Gasteiger partial charge in [0, 0.05) is 12.1 Å². The largest absolute Gasteiger partial charge is 0.383 e. The molecule has 1 aliphatic rings. The minimum Gasteiger partial charge on any atom is -0.383 e. The van der Waals surface area contributed by atoms with Gasteiger partial charge in [-0.2, -0.15) is 0 Å². The van der Waals surface area contributed by atoms with Crippen LogP contribution < -0.4 is 11.1 Å². The first-order valence-electron chi connectivity index (χ1n) is 6.64. The molecule has 5 heteroatoms. The van der Waals surface area contributed by atoms with E-state index in [0.717, 1.165) is 11.0 Å². The maximum Gasteiger partial charge on any atom is 0.191 e. The number of aromatic nitrogens is 2. The molecule has 1 saturated carbocycles. The Kier molecular flexibility index (Phi) is 4.69. The molecule has 1 fully saturated rings. The van der Waals surface area contributed by atoms with Gasteiger partial charge in [-0.05, 0) is 25.0 Å². The first-order valence-corrected chi connectivity index (χ1v) is 7.86. The van der Waals surface area contributed by atoms with E-state index in [-0.39, 0.29) is 0 Å². The Morgan fingerprint density at radius 3 is 2.83 bits per heavy atom. The van der Waals surface area contributed by atoms with Crippen LogP contribution in [0.3, 0.4) is 0 Å². The van der Waals surface area contributed by atoms with Crippen molar-refractivity contribution >= 4 is 23.4 Å². The van der Waals surface area contributed by atoms with Crippen LogP contribution in [0.5, 0.6) is 0 Å². The van der Waals surface area contributed by atoms with E-state index in [0.29, 0.717) is 17.8 Å². The van der Waals surface area contributed by atoms with Crippen LogP contribution in [-0.4, -0.2) is 22.3 Å². The first kappa shape index (κ1) is 13.5. The van der Waals surface area contributed by atoms with Crippen molar-refractivity contribution in [1.29, 1.82) is 0 Å². The minimum atomic E-state index is 0.511. The molecule has 3 N–H and O–H groups in total. The van der Waals surface area contributed by atoms with Gasteiger partial charge in [-0.25, -0.2) is 9.97 Å². The average molecular weight is 266 g/mol. The van der Waals surface area contributed by atoms with Crippen molar-refractivity contribution < 1.29 is 0 Å². The highest BCUT2D eigenvalue weighted by molar-refractivity contribution is 7.98. The summed E-state index contributed by atoms with van der Waals surface area (Å²) in [7, 11) is 0. The molecule has 0 amide bonds. The van der Waals surface area contributed by atoms with E-state index in [1.807, 2.05) is 12.3 Å². The summed E-state index contributed by atoms with van der Waals surface area (Å²) in [6.07, 6.45) is 8.49. The van der Waals surface area contributed by atoms with Crippen LogP contribution in [-0.2, 0) is 0 Å². The summed E-state index contributed by atoms with van der Waals surface area (Å²) in [5, 5.41) is 4.28. The Morgan fingerprint density at radius 2 is 2.06 bits per heavy atom. The van der Waals surface area contributed by atoms with E-state index in [1.165, 1.54) is 43.9 Å². The van der Waals surface area contributed by atoms with Crippen LogP contribution >= 0.6 is 11.8 Å². The normalized spacial score (nSPS) is 24.6. The number of thioether (sulfide) groups is 1. The average Bonchev–Trinajstić information content (AvgIpc) is 2.54. The molecule has 2 unspecified atom stereocenters. The third kappa shape index (κ3) is 3.51. The lowest BCUT2D eigenvalue weighted by Gasteiger charge is -2.23. The molecular weight excluding hydrogens is 244 g/mol. The lowest BCUT2D eigenvalue weighted by Crippen LogP contribution is -2.26. The van der Waals surface area contributed by atoms with Crippen LogP contribution in [0, 0.1) is 5.92 Å². The first-order chi connectivity index (χ1) is 8.69. The molecule has 0 saturated heterocycles. The molecule has 2 atom stereocenters. The van der Waals surface area contributed by atoms with Crippen LogP contribution in [0.15, 0.2) is 11.2 Å². The predicted molar refractivity (Wildman–Crippen MR) is 77.9 cm³/mol. The fourth-order valence-electron chi connectivity index (χ4n) is 2.51. The second-order valence-corrected chi connectivity index (χ2v) is 5.80. The predicted octanol–water partition coefficient (Wildman–Crippen LogP) is 3.16. The molecule has 0 spiro atoms. The van der Waals surface area contributed by atoms with Crippen LogP contribution in [0.2, 0.25) is 0 Å². The number of rotatable bonds is 3. The van der Waals surface area contributed by atoms with Gasteiger partial charge in [0.1, 0.15) is 11.6 Å². The molecule has 1 aliphatic carbocycles. The monoisotopic (exact) mass is 266 g/mol. The third-order valence-electron chi connectivity index (χ3n) is 3.60. The van der Waals surface area contributed by atoms with Crippen molar-refractivity contribution in [3.8, 4) is 0 Å².